The predicted molar refractivity (Wildman–Crippen MR) is 86.1 cm³/mol. The molecule has 0 fully saturated rings. The number of anilines is 2. The van der Waals surface area contributed by atoms with E-state index in [-0.39, 0.29) is 11.6 Å². The van der Waals surface area contributed by atoms with Crippen LogP contribution in [0, 0.1) is 5.82 Å². The number of benzene rings is 2. The average Bonchev–Trinajstić information content (AvgIpc) is 2.49. The molecule has 0 unspecified atom stereocenters. The van der Waals surface area contributed by atoms with Crippen molar-refractivity contribution in [2.45, 2.75) is 13.0 Å². The lowest BCUT2D eigenvalue weighted by Gasteiger charge is -2.16. The van der Waals surface area contributed by atoms with E-state index in [2.05, 4.69) is 10.6 Å². The van der Waals surface area contributed by atoms with Gasteiger partial charge in [0.15, 0.2) is 0 Å². The monoisotopic (exact) mass is 322 g/mol. The lowest BCUT2D eigenvalue weighted by Crippen LogP contribution is -2.32. The summed E-state index contributed by atoms with van der Waals surface area (Å²) >= 11 is 6.03. The predicted octanol–water partition coefficient (Wildman–Crippen LogP) is 3.93. The van der Waals surface area contributed by atoms with Crippen LogP contribution >= 0.6 is 11.6 Å². The van der Waals surface area contributed by atoms with Gasteiger partial charge in [0, 0.05) is 5.69 Å². The fourth-order valence-electron chi connectivity index (χ4n) is 1.88. The van der Waals surface area contributed by atoms with Crippen LogP contribution in [0.25, 0.3) is 0 Å². The molecule has 0 radical (unpaired) electrons. The van der Waals surface area contributed by atoms with Gasteiger partial charge in [-0.15, -0.1) is 0 Å². The van der Waals surface area contributed by atoms with Crippen molar-refractivity contribution in [3.8, 4) is 5.75 Å². The maximum atomic E-state index is 13.5. The molecule has 0 saturated heterocycles. The number of carbonyl (C=O) groups excluding carboxylic acids is 1. The summed E-state index contributed by atoms with van der Waals surface area (Å²) < 4.78 is 18.6. The summed E-state index contributed by atoms with van der Waals surface area (Å²) in [6, 6.07) is 10.5. The summed E-state index contributed by atoms with van der Waals surface area (Å²) in [5.74, 6) is -0.275. The van der Waals surface area contributed by atoms with Crippen LogP contribution < -0.4 is 15.4 Å². The molecule has 0 aliphatic rings. The summed E-state index contributed by atoms with van der Waals surface area (Å²) in [6.07, 6.45) is 0. The number of rotatable bonds is 5. The van der Waals surface area contributed by atoms with E-state index in [0.29, 0.717) is 16.5 Å². The topological polar surface area (TPSA) is 50.4 Å². The molecule has 2 aromatic carbocycles. The Morgan fingerprint density at radius 2 is 2.00 bits per heavy atom. The SMILES string of the molecule is COc1ccc(N[C@@H](C)C(=O)Nc2ccccc2F)cc1Cl. The Hall–Kier alpha value is -2.27. The molecular formula is C16H16ClFN2O2. The highest BCUT2D eigenvalue weighted by Crippen LogP contribution is 2.27. The first-order valence-corrected chi connectivity index (χ1v) is 7.04. The minimum Gasteiger partial charge on any atom is -0.495 e. The molecule has 0 saturated carbocycles. The van der Waals surface area contributed by atoms with Crippen molar-refractivity contribution in [2.75, 3.05) is 17.7 Å². The highest BCUT2D eigenvalue weighted by Gasteiger charge is 2.15. The van der Waals surface area contributed by atoms with E-state index in [1.807, 2.05) is 0 Å². The second kappa shape index (κ2) is 7.13. The smallest absolute Gasteiger partial charge is 0.246 e. The van der Waals surface area contributed by atoms with Gasteiger partial charge < -0.3 is 15.4 Å². The maximum absolute atomic E-state index is 13.5. The Labute approximate surface area is 133 Å². The Morgan fingerprint density at radius 3 is 2.64 bits per heavy atom. The first-order chi connectivity index (χ1) is 10.5. The molecule has 22 heavy (non-hydrogen) atoms. The fourth-order valence-corrected chi connectivity index (χ4v) is 2.13. The zero-order valence-electron chi connectivity index (χ0n) is 12.2. The molecule has 1 atom stereocenters. The van der Waals surface area contributed by atoms with Crippen LogP contribution in [0.15, 0.2) is 42.5 Å². The summed E-state index contributed by atoms with van der Waals surface area (Å²) in [7, 11) is 1.53. The summed E-state index contributed by atoms with van der Waals surface area (Å²) in [5.41, 5.74) is 0.816. The van der Waals surface area contributed by atoms with Crippen molar-refractivity contribution in [2.24, 2.45) is 0 Å². The molecule has 2 N–H and O–H groups in total. The van der Waals surface area contributed by atoms with Gasteiger partial charge in [0.1, 0.15) is 17.6 Å². The third-order valence-electron chi connectivity index (χ3n) is 3.06. The normalized spacial score (nSPS) is 11.6. The van der Waals surface area contributed by atoms with E-state index in [4.69, 9.17) is 16.3 Å². The van der Waals surface area contributed by atoms with Gasteiger partial charge in [-0.2, -0.15) is 0 Å². The number of halogens is 2. The molecule has 6 heteroatoms. The van der Waals surface area contributed by atoms with Gasteiger partial charge in [-0.1, -0.05) is 23.7 Å². The maximum Gasteiger partial charge on any atom is 0.246 e. The molecular weight excluding hydrogens is 307 g/mol. The number of amides is 1. The number of carbonyl (C=O) groups is 1. The van der Waals surface area contributed by atoms with Gasteiger partial charge >= 0.3 is 0 Å². The van der Waals surface area contributed by atoms with Crippen molar-refractivity contribution in [1.82, 2.24) is 0 Å². The number of para-hydroxylation sites is 1. The van der Waals surface area contributed by atoms with Crippen molar-refractivity contribution >= 4 is 28.9 Å². The van der Waals surface area contributed by atoms with Gasteiger partial charge in [-0.05, 0) is 37.3 Å². The molecule has 0 aromatic heterocycles. The van der Waals surface area contributed by atoms with Gasteiger partial charge in [-0.3, -0.25) is 4.79 Å². The first-order valence-electron chi connectivity index (χ1n) is 6.66. The Morgan fingerprint density at radius 1 is 1.27 bits per heavy atom. The highest BCUT2D eigenvalue weighted by molar-refractivity contribution is 6.32. The van der Waals surface area contributed by atoms with Crippen LogP contribution in [-0.2, 0) is 4.79 Å². The summed E-state index contributed by atoms with van der Waals surface area (Å²) in [6.45, 7) is 1.67. The summed E-state index contributed by atoms with van der Waals surface area (Å²) in [4.78, 5) is 12.1. The molecule has 0 aliphatic heterocycles. The molecule has 0 bridgehead atoms. The van der Waals surface area contributed by atoms with Gasteiger partial charge in [0.25, 0.3) is 0 Å². The van der Waals surface area contributed by atoms with Crippen molar-refractivity contribution < 1.29 is 13.9 Å². The van der Waals surface area contributed by atoms with Crippen LogP contribution in [0.2, 0.25) is 5.02 Å². The summed E-state index contributed by atoms with van der Waals surface area (Å²) in [5, 5.41) is 5.97. The third kappa shape index (κ3) is 3.89. The first kappa shape index (κ1) is 16.1. The van der Waals surface area contributed by atoms with E-state index >= 15 is 0 Å². The van der Waals surface area contributed by atoms with Crippen molar-refractivity contribution in [3.05, 3.63) is 53.3 Å². The second-order valence-corrected chi connectivity index (χ2v) is 5.09. The molecule has 116 valence electrons. The molecule has 0 aliphatic carbocycles. The van der Waals surface area contributed by atoms with Crippen LogP contribution in [0.1, 0.15) is 6.92 Å². The molecule has 4 nitrogen and oxygen atoms in total. The van der Waals surface area contributed by atoms with E-state index in [0.717, 1.165) is 0 Å². The Balaban J connectivity index is 2.02. The zero-order valence-corrected chi connectivity index (χ0v) is 12.9. The van der Waals surface area contributed by atoms with E-state index in [1.165, 1.54) is 19.2 Å². The van der Waals surface area contributed by atoms with Gasteiger partial charge in [-0.25, -0.2) is 4.39 Å². The van der Waals surface area contributed by atoms with Gasteiger partial charge in [0.2, 0.25) is 5.91 Å². The molecule has 0 heterocycles. The number of nitrogens with one attached hydrogen (secondary N) is 2. The van der Waals surface area contributed by atoms with Crippen LogP contribution in [0.3, 0.4) is 0 Å². The van der Waals surface area contributed by atoms with E-state index in [9.17, 15) is 9.18 Å². The zero-order chi connectivity index (χ0) is 16.1. The van der Waals surface area contributed by atoms with Crippen LogP contribution in [0.5, 0.6) is 5.75 Å². The molecule has 0 spiro atoms. The number of ether oxygens (including phenoxy) is 1. The van der Waals surface area contributed by atoms with Crippen LogP contribution in [-0.4, -0.2) is 19.1 Å². The van der Waals surface area contributed by atoms with Crippen molar-refractivity contribution in [3.63, 3.8) is 0 Å². The lowest BCUT2D eigenvalue weighted by atomic mass is 10.2. The largest absolute Gasteiger partial charge is 0.495 e. The van der Waals surface area contributed by atoms with Crippen LogP contribution in [0.4, 0.5) is 15.8 Å². The van der Waals surface area contributed by atoms with E-state index < -0.39 is 11.9 Å². The Bertz CT molecular complexity index is 679. The molecule has 2 rings (SSSR count). The standard InChI is InChI=1S/C16H16ClFN2O2/c1-10(16(21)20-14-6-4-3-5-13(14)18)19-11-7-8-15(22-2)12(17)9-11/h3-10,19H,1-2H3,(H,20,21)/t10-/m0/s1. The molecule has 1 amide bonds. The number of hydrogen-bond acceptors (Lipinski definition) is 3. The third-order valence-corrected chi connectivity index (χ3v) is 3.36. The Kier molecular flexibility index (Phi) is 5.22. The minimum absolute atomic E-state index is 0.147. The minimum atomic E-state index is -0.566. The van der Waals surface area contributed by atoms with Gasteiger partial charge in [0.05, 0.1) is 17.8 Å². The quantitative estimate of drug-likeness (QED) is 0.877. The second-order valence-electron chi connectivity index (χ2n) is 4.68. The highest BCUT2D eigenvalue weighted by atomic mass is 35.5. The van der Waals surface area contributed by atoms with Crippen molar-refractivity contribution in [1.29, 1.82) is 0 Å². The fraction of sp³-hybridized carbons (Fsp3) is 0.188. The average molecular weight is 323 g/mol. The lowest BCUT2D eigenvalue weighted by molar-refractivity contribution is -0.116. The molecule has 2 aromatic rings. The van der Waals surface area contributed by atoms with E-state index in [1.54, 1.807) is 37.3 Å². The number of methoxy groups -OCH3 is 1. The number of hydrogen-bond donors (Lipinski definition) is 2.